The smallest absolute Gasteiger partial charge is 0.252 e. The van der Waals surface area contributed by atoms with Gasteiger partial charge in [-0.3, -0.25) is 24.1 Å². The molecule has 1 spiro atoms. The minimum absolute atomic E-state index is 0.0280. The average molecular weight is 579 g/mol. The van der Waals surface area contributed by atoms with Gasteiger partial charge in [-0.2, -0.15) is 0 Å². The normalized spacial score (nSPS) is 29.6. The van der Waals surface area contributed by atoms with Crippen molar-refractivity contribution in [3.05, 3.63) is 65.5 Å². The van der Waals surface area contributed by atoms with Gasteiger partial charge in [0, 0.05) is 18.7 Å². The number of hydrogen-bond donors (Lipinski definition) is 3. The third-order valence-corrected chi connectivity index (χ3v) is 8.49. The van der Waals surface area contributed by atoms with Gasteiger partial charge in [0.1, 0.15) is 43.2 Å². The van der Waals surface area contributed by atoms with Crippen molar-refractivity contribution < 1.29 is 37.6 Å². The van der Waals surface area contributed by atoms with Gasteiger partial charge in [-0.1, -0.05) is 30.3 Å². The topological polar surface area (TPSA) is 129 Å². The first-order chi connectivity index (χ1) is 19.9. The van der Waals surface area contributed by atoms with Crippen LogP contribution in [0.15, 0.2) is 48.5 Å². The Hall–Kier alpha value is -4.16. The lowest BCUT2D eigenvalue weighted by Crippen LogP contribution is -2.57. The lowest BCUT2D eigenvalue weighted by Gasteiger charge is -2.29. The highest BCUT2D eigenvalue weighted by atomic mass is 19.1. The Labute approximate surface area is 242 Å². The summed E-state index contributed by atoms with van der Waals surface area (Å²) in [5.41, 5.74) is 0.980. The molecule has 0 radical (unpaired) electrons. The second-order valence-corrected chi connectivity index (χ2v) is 11.9. The van der Waals surface area contributed by atoms with Crippen LogP contribution in [-0.4, -0.2) is 89.7 Å². The lowest BCUT2D eigenvalue weighted by atomic mass is 9.80. The molecule has 4 aliphatic rings. The van der Waals surface area contributed by atoms with E-state index >= 15 is 0 Å². The number of carbonyl (C=O) groups excluding carboxylic acids is 4. The van der Waals surface area contributed by atoms with Crippen LogP contribution in [0.5, 0.6) is 0 Å². The average Bonchev–Trinajstić information content (AvgIpc) is 3.64. The summed E-state index contributed by atoms with van der Waals surface area (Å²) < 4.78 is 27.2. The van der Waals surface area contributed by atoms with Gasteiger partial charge in [-0.15, -0.1) is 0 Å². The third kappa shape index (κ3) is 4.64. The molecule has 2 aromatic carbocycles. The van der Waals surface area contributed by atoms with Crippen LogP contribution in [-0.2, 0) is 40.5 Å². The highest BCUT2D eigenvalue weighted by Gasteiger charge is 2.60. The molecule has 0 unspecified atom stereocenters. The monoisotopic (exact) mass is 578 g/mol. The predicted molar refractivity (Wildman–Crippen MR) is 148 cm³/mol. The van der Waals surface area contributed by atoms with Crippen molar-refractivity contribution in [3.8, 4) is 0 Å². The van der Waals surface area contributed by atoms with Crippen molar-refractivity contribution in [1.29, 1.82) is 0 Å². The molecule has 0 bridgehead atoms. The molecule has 3 saturated heterocycles. The van der Waals surface area contributed by atoms with E-state index in [1.165, 1.54) is 18.2 Å². The van der Waals surface area contributed by atoms with Gasteiger partial charge in [-0.25, -0.2) is 8.97 Å². The Morgan fingerprint density at radius 3 is 2.69 bits per heavy atom. The Balaban J connectivity index is 1.31. The van der Waals surface area contributed by atoms with Crippen LogP contribution in [0, 0.1) is 5.82 Å². The van der Waals surface area contributed by atoms with E-state index in [9.17, 15) is 23.6 Å². The molecule has 0 aliphatic carbocycles. The number of nitrogens with zero attached hydrogens (tertiary/aromatic N) is 2. The Morgan fingerprint density at radius 2 is 1.95 bits per heavy atom. The van der Waals surface area contributed by atoms with E-state index in [-0.39, 0.29) is 18.9 Å². The van der Waals surface area contributed by atoms with E-state index in [1.54, 1.807) is 36.4 Å². The molecule has 11 nitrogen and oxygen atoms in total. The van der Waals surface area contributed by atoms with Crippen molar-refractivity contribution >= 4 is 36.0 Å². The number of hydrogen-bond acceptors (Lipinski definition) is 6. The lowest BCUT2D eigenvalue weighted by molar-refractivity contribution is -0.549. The van der Waals surface area contributed by atoms with E-state index in [4.69, 9.17) is 9.47 Å². The molecule has 2 aromatic rings. The van der Waals surface area contributed by atoms with Crippen molar-refractivity contribution in [1.82, 2.24) is 15.5 Å². The maximum Gasteiger partial charge on any atom is 0.252 e. The fourth-order valence-electron chi connectivity index (χ4n) is 6.56. The minimum Gasteiger partial charge on any atom is -0.342 e. The second-order valence-electron chi connectivity index (χ2n) is 11.9. The van der Waals surface area contributed by atoms with Crippen LogP contribution in [0.2, 0.25) is 0 Å². The summed E-state index contributed by atoms with van der Waals surface area (Å²) in [5.74, 6) is -3.33. The van der Waals surface area contributed by atoms with E-state index in [2.05, 4.69) is 22.7 Å². The molecule has 6 atom stereocenters. The molecule has 3 fully saturated rings. The first-order valence-corrected chi connectivity index (χ1v) is 13.8. The second kappa shape index (κ2) is 9.99. The molecule has 4 aliphatic heterocycles. The van der Waals surface area contributed by atoms with E-state index in [0.29, 0.717) is 17.7 Å². The number of anilines is 1. The number of fused-ring (bicyclic) bond motifs is 3. The molecule has 0 aromatic heterocycles. The van der Waals surface area contributed by atoms with Gasteiger partial charge in [0.25, 0.3) is 11.8 Å². The van der Waals surface area contributed by atoms with Gasteiger partial charge in [-0.05, 0) is 43.2 Å². The SMILES string of the molecule is C=[N+](C)[C@@H]1C[C@@]2(CN1C(=O)[C@H](Cc1cccc(F)c1)NC(=O)[C@H]1NC(=O)[C@H]3OC(C)(C)O[C@@H]13)C(=O)Nc1ccccc12. The zero-order valence-corrected chi connectivity index (χ0v) is 23.6. The number of para-hydroxylation sites is 1. The number of amides is 4. The number of benzene rings is 2. The summed E-state index contributed by atoms with van der Waals surface area (Å²) in [7, 11) is 1.72. The van der Waals surface area contributed by atoms with Gasteiger partial charge in [0.15, 0.2) is 11.9 Å². The summed E-state index contributed by atoms with van der Waals surface area (Å²) >= 11 is 0. The van der Waals surface area contributed by atoms with Gasteiger partial charge < -0.3 is 25.4 Å². The maximum absolute atomic E-state index is 14.3. The van der Waals surface area contributed by atoms with E-state index in [1.807, 2.05) is 24.3 Å². The highest BCUT2D eigenvalue weighted by molar-refractivity contribution is 6.07. The highest BCUT2D eigenvalue weighted by Crippen LogP contribution is 2.46. The van der Waals surface area contributed by atoms with Crippen LogP contribution in [0.3, 0.4) is 0 Å². The maximum atomic E-state index is 14.3. The molecule has 3 N–H and O–H groups in total. The fraction of sp³-hybridized carbons (Fsp3) is 0.433. The number of rotatable bonds is 6. The fourth-order valence-corrected chi connectivity index (χ4v) is 6.56. The summed E-state index contributed by atoms with van der Waals surface area (Å²) in [6.45, 7) is 7.38. The van der Waals surface area contributed by atoms with Crippen molar-refractivity contribution in [3.63, 3.8) is 0 Å². The number of likely N-dealkylation sites (tertiary alicyclic amines) is 1. The molecule has 4 heterocycles. The van der Waals surface area contributed by atoms with Crippen molar-refractivity contribution in [2.24, 2.45) is 0 Å². The zero-order chi connectivity index (χ0) is 30.0. The standard InChI is InChI=1S/C30H32FN5O6/c1-29(2)41-23-22(34-26(38)24(23)42-29)25(37)32-20(13-16-8-7-9-17(31)12-16)27(39)36-15-30(14-21(36)35(3)4)18-10-5-6-11-19(18)33-28(30)40/h5-12,20-24H,3,13-15H2,1-2,4H3,(H2-,32,33,34,37,38,40)/p+1/t20-,21-,22-,23-,24-,30-/m0/s1. The Bertz CT molecular complexity index is 1510. The quantitative estimate of drug-likeness (QED) is 0.341. The number of ether oxygens (including phenoxy) is 2. The molecular weight excluding hydrogens is 545 g/mol. The van der Waals surface area contributed by atoms with Crippen LogP contribution >= 0.6 is 0 Å². The van der Waals surface area contributed by atoms with Crippen LogP contribution in [0.4, 0.5) is 10.1 Å². The summed E-state index contributed by atoms with van der Waals surface area (Å²) in [4.78, 5) is 55.4. The minimum atomic E-state index is -1.15. The van der Waals surface area contributed by atoms with Crippen LogP contribution in [0.1, 0.15) is 31.4 Å². The Kier molecular flexibility index (Phi) is 6.65. The van der Waals surface area contributed by atoms with Gasteiger partial charge >= 0.3 is 0 Å². The Morgan fingerprint density at radius 1 is 1.19 bits per heavy atom. The van der Waals surface area contributed by atoms with E-state index < -0.39 is 65.2 Å². The summed E-state index contributed by atoms with van der Waals surface area (Å²) in [5, 5.41) is 8.33. The van der Waals surface area contributed by atoms with E-state index in [0.717, 1.165) is 5.56 Å². The molecule has 220 valence electrons. The third-order valence-electron chi connectivity index (χ3n) is 8.49. The zero-order valence-electron chi connectivity index (χ0n) is 23.6. The van der Waals surface area contributed by atoms with Crippen molar-refractivity contribution in [2.45, 2.75) is 68.3 Å². The first-order valence-electron chi connectivity index (χ1n) is 13.8. The summed E-state index contributed by atoms with van der Waals surface area (Å²) in [6.07, 6.45) is -2.14. The molecular formula is C30H33FN5O6+. The van der Waals surface area contributed by atoms with Crippen LogP contribution in [0.25, 0.3) is 0 Å². The van der Waals surface area contributed by atoms with Crippen LogP contribution < -0.4 is 16.0 Å². The number of carbonyl (C=O) groups is 4. The molecule has 42 heavy (non-hydrogen) atoms. The van der Waals surface area contributed by atoms with Gasteiger partial charge in [0.2, 0.25) is 18.0 Å². The largest absolute Gasteiger partial charge is 0.342 e. The summed E-state index contributed by atoms with van der Waals surface area (Å²) in [6, 6.07) is 10.9. The predicted octanol–water partition coefficient (Wildman–Crippen LogP) is 0.663. The molecule has 0 saturated carbocycles. The van der Waals surface area contributed by atoms with Gasteiger partial charge in [0.05, 0.1) is 6.42 Å². The molecule has 6 rings (SSSR count). The first kappa shape index (κ1) is 28.0. The van der Waals surface area contributed by atoms with Crippen molar-refractivity contribution in [2.75, 3.05) is 18.9 Å². The molecule has 12 heteroatoms. The molecule has 4 amide bonds. The number of halogens is 1. The number of nitrogens with one attached hydrogen (secondary N) is 3.